The summed E-state index contributed by atoms with van der Waals surface area (Å²) in [5, 5.41) is 0.895. The molecular weight excluding hydrogens is 361 g/mol. The van der Waals surface area contributed by atoms with Gasteiger partial charge in [0.05, 0.1) is 26.8 Å². The quantitative estimate of drug-likeness (QED) is 0.613. The third kappa shape index (κ3) is 1.99. The molecule has 0 amide bonds. The number of aryl methyl sites for hydroxylation is 1. The Bertz CT molecular complexity index is 827. The third-order valence-electron chi connectivity index (χ3n) is 3.17. The Morgan fingerprint density at radius 2 is 1.90 bits per heavy atom. The highest BCUT2D eigenvalue weighted by atomic mass is 79.9. The summed E-state index contributed by atoms with van der Waals surface area (Å²) >= 11 is 15.9. The van der Waals surface area contributed by atoms with E-state index in [1.807, 2.05) is 41.8 Å². The lowest BCUT2D eigenvalue weighted by Crippen LogP contribution is -2.01. The summed E-state index contributed by atoms with van der Waals surface area (Å²) in [5.74, 6) is 0.384. The molecule has 0 unspecified atom stereocenters. The minimum atomic E-state index is 0.384. The van der Waals surface area contributed by atoms with Crippen LogP contribution in [0.5, 0.6) is 0 Å². The second-order valence-electron chi connectivity index (χ2n) is 4.44. The lowest BCUT2D eigenvalue weighted by molar-refractivity contribution is 1.11. The third-order valence-corrected chi connectivity index (χ3v) is 4.93. The molecule has 0 spiro atoms. The fraction of sp³-hybridized carbons (Fsp3) is 0.0714. The van der Waals surface area contributed by atoms with Crippen LogP contribution in [0.1, 0.15) is 5.56 Å². The van der Waals surface area contributed by atoms with E-state index in [1.54, 1.807) is 0 Å². The zero-order valence-electron chi connectivity index (χ0n) is 10.5. The van der Waals surface area contributed by atoms with Gasteiger partial charge in [0, 0.05) is 4.47 Å². The molecule has 0 bridgehead atoms. The Morgan fingerprint density at radius 3 is 2.65 bits per heavy atom. The number of nitrogens with zero attached hydrogens (tertiary/aromatic N) is 2. The van der Waals surface area contributed by atoms with E-state index in [9.17, 15) is 0 Å². The number of hydrogen-bond acceptors (Lipinski definition) is 2. The molecular formula is C14H10BrCl2N3. The van der Waals surface area contributed by atoms with Gasteiger partial charge < -0.3 is 5.73 Å². The van der Waals surface area contributed by atoms with Gasteiger partial charge >= 0.3 is 0 Å². The van der Waals surface area contributed by atoms with Gasteiger partial charge in [-0.3, -0.25) is 4.57 Å². The van der Waals surface area contributed by atoms with Crippen molar-refractivity contribution in [2.45, 2.75) is 6.92 Å². The molecule has 6 heteroatoms. The van der Waals surface area contributed by atoms with Crippen molar-refractivity contribution in [1.29, 1.82) is 0 Å². The maximum absolute atomic E-state index is 6.34. The van der Waals surface area contributed by atoms with E-state index in [0.29, 0.717) is 21.7 Å². The number of fused-ring (bicyclic) bond motifs is 1. The second kappa shape index (κ2) is 4.95. The van der Waals surface area contributed by atoms with Gasteiger partial charge in [-0.2, -0.15) is 0 Å². The molecule has 0 aliphatic carbocycles. The lowest BCUT2D eigenvalue weighted by atomic mass is 10.2. The fourth-order valence-electron chi connectivity index (χ4n) is 2.20. The molecule has 20 heavy (non-hydrogen) atoms. The Balaban J connectivity index is 2.39. The van der Waals surface area contributed by atoms with Crippen LogP contribution in [0.3, 0.4) is 0 Å². The van der Waals surface area contributed by atoms with Crippen molar-refractivity contribution in [2.24, 2.45) is 0 Å². The maximum Gasteiger partial charge on any atom is 0.205 e. The molecule has 3 rings (SSSR count). The molecule has 0 radical (unpaired) electrons. The number of halogens is 3. The van der Waals surface area contributed by atoms with Gasteiger partial charge in [0.1, 0.15) is 0 Å². The monoisotopic (exact) mass is 369 g/mol. The molecule has 0 aliphatic heterocycles. The molecule has 2 aromatic carbocycles. The summed E-state index contributed by atoms with van der Waals surface area (Å²) in [6.45, 7) is 2.00. The summed E-state index contributed by atoms with van der Waals surface area (Å²) in [6, 6.07) is 9.61. The molecule has 0 aliphatic rings. The SMILES string of the molecule is Cc1cccc2c1nc(N)n2-c1ccc(Br)c(Cl)c1Cl. The van der Waals surface area contributed by atoms with Crippen molar-refractivity contribution in [1.82, 2.24) is 9.55 Å². The van der Waals surface area contributed by atoms with Crippen molar-refractivity contribution in [2.75, 3.05) is 5.73 Å². The van der Waals surface area contributed by atoms with Crippen LogP contribution in [0.2, 0.25) is 10.0 Å². The van der Waals surface area contributed by atoms with E-state index >= 15 is 0 Å². The average Bonchev–Trinajstić information content (AvgIpc) is 2.75. The van der Waals surface area contributed by atoms with Gasteiger partial charge in [-0.1, -0.05) is 35.3 Å². The highest BCUT2D eigenvalue weighted by Gasteiger charge is 2.16. The first-order valence-corrected chi connectivity index (χ1v) is 7.43. The highest BCUT2D eigenvalue weighted by Crippen LogP contribution is 2.37. The number of benzene rings is 2. The number of nitrogens with two attached hydrogens (primary N) is 1. The Hall–Kier alpha value is -1.23. The number of anilines is 1. The van der Waals surface area contributed by atoms with E-state index < -0.39 is 0 Å². The number of nitrogen functional groups attached to an aromatic ring is 1. The summed E-state index contributed by atoms with van der Waals surface area (Å²) < 4.78 is 2.55. The number of hydrogen-bond donors (Lipinski definition) is 1. The normalized spacial score (nSPS) is 11.2. The molecule has 1 aromatic heterocycles. The zero-order chi connectivity index (χ0) is 14.4. The van der Waals surface area contributed by atoms with Gasteiger partial charge in [-0.25, -0.2) is 4.98 Å². The molecule has 0 saturated carbocycles. The lowest BCUT2D eigenvalue weighted by Gasteiger charge is -2.11. The van der Waals surface area contributed by atoms with Crippen LogP contribution in [-0.4, -0.2) is 9.55 Å². The zero-order valence-corrected chi connectivity index (χ0v) is 13.6. The standard InChI is InChI=1S/C14H10BrCl2N3/c1-7-3-2-4-10-13(7)19-14(18)20(10)9-6-5-8(15)11(16)12(9)17/h2-6H,1H3,(H2,18,19). The predicted molar refractivity (Wildman–Crippen MR) is 87.9 cm³/mol. The molecule has 0 fully saturated rings. The Morgan fingerprint density at radius 1 is 1.15 bits per heavy atom. The van der Waals surface area contributed by atoms with Crippen molar-refractivity contribution >= 4 is 56.1 Å². The summed E-state index contributed by atoms with van der Waals surface area (Å²) in [6.07, 6.45) is 0. The van der Waals surface area contributed by atoms with Crippen molar-refractivity contribution in [3.05, 3.63) is 50.4 Å². The average molecular weight is 371 g/mol. The van der Waals surface area contributed by atoms with E-state index in [4.69, 9.17) is 28.9 Å². The highest BCUT2D eigenvalue weighted by molar-refractivity contribution is 9.10. The maximum atomic E-state index is 6.34. The van der Waals surface area contributed by atoms with Crippen LogP contribution >= 0.6 is 39.1 Å². The first kappa shape index (κ1) is 13.7. The Labute approximate surface area is 134 Å². The number of para-hydroxylation sites is 1. The van der Waals surface area contributed by atoms with E-state index in [-0.39, 0.29) is 0 Å². The van der Waals surface area contributed by atoms with Crippen LogP contribution in [0, 0.1) is 6.92 Å². The van der Waals surface area contributed by atoms with Crippen LogP contribution in [0.15, 0.2) is 34.8 Å². The Kier molecular flexibility index (Phi) is 3.40. The van der Waals surface area contributed by atoms with Crippen LogP contribution in [-0.2, 0) is 0 Å². The van der Waals surface area contributed by atoms with Gasteiger partial charge in [0.2, 0.25) is 5.95 Å². The molecule has 2 N–H and O–H groups in total. The van der Waals surface area contributed by atoms with E-state index in [1.165, 1.54) is 0 Å². The van der Waals surface area contributed by atoms with Crippen LogP contribution < -0.4 is 5.73 Å². The molecule has 1 heterocycles. The van der Waals surface area contributed by atoms with Gasteiger partial charge in [0.25, 0.3) is 0 Å². The number of aromatic nitrogens is 2. The minimum absolute atomic E-state index is 0.384. The first-order chi connectivity index (χ1) is 9.50. The molecule has 3 nitrogen and oxygen atoms in total. The summed E-state index contributed by atoms with van der Waals surface area (Å²) in [5.41, 5.74) is 9.59. The molecule has 3 aromatic rings. The fourth-order valence-corrected chi connectivity index (χ4v) is 3.05. The van der Waals surface area contributed by atoms with Gasteiger partial charge in [-0.05, 0) is 46.6 Å². The van der Waals surface area contributed by atoms with Gasteiger partial charge in [0.15, 0.2) is 0 Å². The van der Waals surface area contributed by atoms with E-state index in [0.717, 1.165) is 21.1 Å². The largest absolute Gasteiger partial charge is 0.369 e. The molecule has 0 atom stereocenters. The van der Waals surface area contributed by atoms with Crippen molar-refractivity contribution < 1.29 is 0 Å². The molecule has 102 valence electrons. The molecule has 0 saturated heterocycles. The van der Waals surface area contributed by atoms with E-state index in [2.05, 4.69) is 20.9 Å². The first-order valence-electron chi connectivity index (χ1n) is 5.88. The van der Waals surface area contributed by atoms with Crippen LogP contribution in [0.25, 0.3) is 16.7 Å². The van der Waals surface area contributed by atoms with Crippen molar-refractivity contribution in [3.8, 4) is 5.69 Å². The second-order valence-corrected chi connectivity index (χ2v) is 6.05. The smallest absolute Gasteiger partial charge is 0.205 e. The predicted octanol–water partition coefficient (Wildman–Crippen LogP) is 4.99. The topological polar surface area (TPSA) is 43.8 Å². The summed E-state index contributed by atoms with van der Waals surface area (Å²) in [4.78, 5) is 4.41. The van der Waals surface area contributed by atoms with Gasteiger partial charge in [-0.15, -0.1) is 0 Å². The number of rotatable bonds is 1. The number of imidazole rings is 1. The van der Waals surface area contributed by atoms with Crippen molar-refractivity contribution in [3.63, 3.8) is 0 Å². The summed E-state index contributed by atoms with van der Waals surface area (Å²) in [7, 11) is 0. The van der Waals surface area contributed by atoms with Crippen LogP contribution in [0.4, 0.5) is 5.95 Å². The minimum Gasteiger partial charge on any atom is -0.369 e.